The molecule has 0 radical (unpaired) electrons. The van der Waals surface area contributed by atoms with Gasteiger partial charge in [-0.15, -0.1) is 0 Å². The van der Waals surface area contributed by atoms with Gasteiger partial charge < -0.3 is 5.73 Å². The van der Waals surface area contributed by atoms with Gasteiger partial charge in [-0.1, -0.05) is 18.2 Å². The van der Waals surface area contributed by atoms with Crippen molar-refractivity contribution in [3.63, 3.8) is 0 Å². The summed E-state index contributed by atoms with van der Waals surface area (Å²) >= 11 is 0. The van der Waals surface area contributed by atoms with Crippen LogP contribution in [0.2, 0.25) is 0 Å². The first-order valence-corrected chi connectivity index (χ1v) is 6.20. The fourth-order valence-corrected chi connectivity index (χ4v) is 1.85. The molecular formula is C14H16FN3O. The summed E-state index contributed by atoms with van der Waals surface area (Å²) in [5, 5.41) is 0. The maximum absolute atomic E-state index is 13.4. The summed E-state index contributed by atoms with van der Waals surface area (Å²) in [4.78, 5) is 16.0. The van der Waals surface area contributed by atoms with Crippen molar-refractivity contribution in [1.29, 1.82) is 0 Å². The molecule has 0 fully saturated rings. The van der Waals surface area contributed by atoms with E-state index in [-0.39, 0.29) is 18.1 Å². The molecule has 0 spiro atoms. The van der Waals surface area contributed by atoms with Crippen LogP contribution in [0, 0.1) is 5.82 Å². The third-order valence-electron chi connectivity index (χ3n) is 2.89. The highest BCUT2D eigenvalue weighted by Crippen LogP contribution is 2.10. The molecule has 0 aliphatic heterocycles. The zero-order valence-electron chi connectivity index (χ0n) is 10.6. The van der Waals surface area contributed by atoms with Crippen molar-refractivity contribution in [2.45, 2.75) is 19.3 Å². The minimum Gasteiger partial charge on any atom is -0.330 e. The van der Waals surface area contributed by atoms with Crippen LogP contribution in [-0.4, -0.2) is 22.0 Å². The molecule has 0 bridgehead atoms. The van der Waals surface area contributed by atoms with Gasteiger partial charge >= 0.3 is 0 Å². The zero-order chi connectivity index (χ0) is 13.7. The van der Waals surface area contributed by atoms with Crippen LogP contribution in [0.5, 0.6) is 0 Å². The largest absolute Gasteiger partial charge is 0.330 e. The quantitative estimate of drug-likeness (QED) is 0.892. The highest BCUT2D eigenvalue weighted by molar-refractivity contribution is 5.79. The molecular weight excluding hydrogens is 245 g/mol. The summed E-state index contributed by atoms with van der Waals surface area (Å²) in [5.41, 5.74) is 6.77. The SMILES string of the molecule is NCCc1cn(C(=O)CCc2ccccc2F)cn1. The first kappa shape index (κ1) is 13.4. The Morgan fingerprint density at radius 1 is 1.32 bits per heavy atom. The van der Waals surface area contributed by atoms with Gasteiger partial charge in [0.2, 0.25) is 5.91 Å². The molecule has 1 aromatic carbocycles. The average molecular weight is 261 g/mol. The van der Waals surface area contributed by atoms with E-state index in [2.05, 4.69) is 4.98 Å². The van der Waals surface area contributed by atoms with E-state index in [1.54, 1.807) is 24.4 Å². The lowest BCUT2D eigenvalue weighted by Gasteiger charge is -2.03. The van der Waals surface area contributed by atoms with Gasteiger partial charge in [0.25, 0.3) is 0 Å². The van der Waals surface area contributed by atoms with E-state index in [0.717, 1.165) is 5.69 Å². The lowest BCUT2D eigenvalue weighted by atomic mass is 10.1. The normalized spacial score (nSPS) is 10.6. The molecule has 2 N–H and O–H groups in total. The molecule has 0 saturated heterocycles. The number of aryl methyl sites for hydroxylation is 1. The number of halogens is 1. The van der Waals surface area contributed by atoms with Crippen molar-refractivity contribution in [2.24, 2.45) is 5.73 Å². The second-order valence-corrected chi connectivity index (χ2v) is 4.30. The zero-order valence-corrected chi connectivity index (χ0v) is 10.6. The Hall–Kier alpha value is -2.01. The molecule has 2 rings (SSSR count). The summed E-state index contributed by atoms with van der Waals surface area (Å²) in [6.07, 6.45) is 4.44. The molecule has 0 amide bonds. The first-order valence-electron chi connectivity index (χ1n) is 6.20. The molecule has 1 aromatic heterocycles. The molecule has 5 heteroatoms. The van der Waals surface area contributed by atoms with Crippen LogP contribution in [0.3, 0.4) is 0 Å². The number of nitrogens with zero attached hydrogens (tertiary/aromatic N) is 2. The van der Waals surface area contributed by atoms with Crippen molar-refractivity contribution >= 4 is 5.91 Å². The van der Waals surface area contributed by atoms with Crippen LogP contribution in [0.25, 0.3) is 0 Å². The van der Waals surface area contributed by atoms with Gasteiger partial charge in [0.05, 0.1) is 5.69 Å². The number of hydrogen-bond acceptors (Lipinski definition) is 3. The smallest absolute Gasteiger partial charge is 0.232 e. The molecule has 0 atom stereocenters. The first-order chi connectivity index (χ1) is 9.20. The number of rotatable bonds is 5. The predicted molar refractivity (Wildman–Crippen MR) is 70.3 cm³/mol. The van der Waals surface area contributed by atoms with Crippen LogP contribution < -0.4 is 5.73 Å². The van der Waals surface area contributed by atoms with Crippen LogP contribution in [0.1, 0.15) is 22.5 Å². The molecule has 100 valence electrons. The lowest BCUT2D eigenvalue weighted by Crippen LogP contribution is -2.10. The monoisotopic (exact) mass is 261 g/mol. The molecule has 0 unspecified atom stereocenters. The van der Waals surface area contributed by atoms with Crippen molar-refractivity contribution in [2.75, 3.05) is 6.54 Å². The Morgan fingerprint density at radius 2 is 2.11 bits per heavy atom. The standard InChI is InChI=1S/C14H16FN3O/c15-13-4-2-1-3-11(13)5-6-14(19)18-9-12(7-8-16)17-10-18/h1-4,9-10H,5-8,16H2. The fourth-order valence-electron chi connectivity index (χ4n) is 1.85. The highest BCUT2D eigenvalue weighted by atomic mass is 19.1. The van der Waals surface area contributed by atoms with Crippen molar-refractivity contribution < 1.29 is 9.18 Å². The van der Waals surface area contributed by atoms with Crippen molar-refractivity contribution in [3.05, 3.63) is 53.9 Å². The summed E-state index contributed by atoms with van der Waals surface area (Å²) < 4.78 is 14.8. The van der Waals surface area contributed by atoms with Gasteiger partial charge in [-0.2, -0.15) is 0 Å². The Balaban J connectivity index is 1.95. The van der Waals surface area contributed by atoms with Gasteiger partial charge in [-0.05, 0) is 24.6 Å². The van der Waals surface area contributed by atoms with Gasteiger partial charge in [-0.3, -0.25) is 9.36 Å². The number of benzene rings is 1. The number of imidazole rings is 1. The van der Waals surface area contributed by atoms with E-state index in [4.69, 9.17) is 5.73 Å². The van der Waals surface area contributed by atoms with Crippen LogP contribution in [0.4, 0.5) is 4.39 Å². The summed E-state index contributed by atoms with van der Waals surface area (Å²) in [6, 6.07) is 6.49. The molecule has 0 aliphatic carbocycles. The van der Waals surface area contributed by atoms with Crippen LogP contribution >= 0.6 is 0 Å². The topological polar surface area (TPSA) is 60.9 Å². The highest BCUT2D eigenvalue weighted by Gasteiger charge is 2.08. The Morgan fingerprint density at radius 3 is 2.84 bits per heavy atom. The molecule has 19 heavy (non-hydrogen) atoms. The third kappa shape index (κ3) is 3.48. The van der Waals surface area contributed by atoms with E-state index < -0.39 is 0 Å². The van der Waals surface area contributed by atoms with Crippen LogP contribution in [0.15, 0.2) is 36.8 Å². The molecule has 4 nitrogen and oxygen atoms in total. The van der Waals surface area contributed by atoms with Gasteiger partial charge in [0, 0.05) is 19.0 Å². The fraction of sp³-hybridized carbons (Fsp3) is 0.286. The average Bonchev–Trinajstić information content (AvgIpc) is 2.87. The van der Waals surface area contributed by atoms with Gasteiger partial charge in [0.1, 0.15) is 12.1 Å². The predicted octanol–water partition coefficient (Wildman–Crippen LogP) is 1.80. The summed E-state index contributed by atoms with van der Waals surface area (Å²) in [5.74, 6) is -0.372. The summed E-state index contributed by atoms with van der Waals surface area (Å²) in [6.45, 7) is 0.500. The maximum Gasteiger partial charge on any atom is 0.232 e. The number of aromatic nitrogens is 2. The second kappa shape index (κ2) is 6.24. The maximum atomic E-state index is 13.4. The van der Waals surface area contributed by atoms with Crippen molar-refractivity contribution in [3.8, 4) is 0 Å². The molecule has 0 saturated carbocycles. The molecule has 1 heterocycles. The second-order valence-electron chi connectivity index (χ2n) is 4.30. The van der Waals surface area contributed by atoms with E-state index in [1.165, 1.54) is 17.0 Å². The Kier molecular flexibility index (Phi) is 4.41. The number of nitrogens with two attached hydrogens (primary N) is 1. The summed E-state index contributed by atoms with van der Waals surface area (Å²) in [7, 11) is 0. The third-order valence-corrected chi connectivity index (χ3v) is 2.89. The van der Waals surface area contributed by atoms with E-state index in [1.807, 2.05) is 0 Å². The Labute approximate surface area is 111 Å². The number of carbonyl (C=O) groups is 1. The lowest BCUT2D eigenvalue weighted by molar-refractivity contribution is 0.0902. The minimum absolute atomic E-state index is 0.0981. The van der Waals surface area contributed by atoms with Crippen molar-refractivity contribution in [1.82, 2.24) is 9.55 Å². The van der Waals surface area contributed by atoms with E-state index >= 15 is 0 Å². The van der Waals surface area contributed by atoms with Gasteiger partial charge in [-0.25, -0.2) is 9.37 Å². The van der Waals surface area contributed by atoms with Crippen LogP contribution in [-0.2, 0) is 12.8 Å². The Bertz CT molecular complexity index is 565. The van der Waals surface area contributed by atoms with E-state index in [9.17, 15) is 9.18 Å². The molecule has 0 aliphatic rings. The minimum atomic E-state index is -0.273. The van der Waals surface area contributed by atoms with E-state index in [0.29, 0.717) is 24.9 Å². The number of carbonyl (C=O) groups excluding carboxylic acids is 1. The van der Waals surface area contributed by atoms with Gasteiger partial charge in [0.15, 0.2) is 0 Å². The number of hydrogen-bond donors (Lipinski definition) is 1. The molecule has 2 aromatic rings.